The van der Waals surface area contributed by atoms with Crippen LogP contribution in [0.3, 0.4) is 0 Å². The highest BCUT2D eigenvalue weighted by atomic mass is 35.6. The van der Waals surface area contributed by atoms with Crippen LogP contribution in [-0.4, -0.2) is 8.96 Å². The summed E-state index contributed by atoms with van der Waals surface area (Å²) in [5.74, 6) is 0.212. The molecule has 128 valence electrons. The molecule has 0 saturated carbocycles. The van der Waals surface area contributed by atoms with Crippen LogP contribution in [0.5, 0.6) is 0 Å². The third kappa shape index (κ3) is 5.20. The predicted octanol–water partition coefficient (Wildman–Crippen LogP) is 5.79. The summed E-state index contributed by atoms with van der Waals surface area (Å²) in [7, 11) is 0. The Balaban J connectivity index is 1.57. The first-order chi connectivity index (χ1) is 12.0. The summed E-state index contributed by atoms with van der Waals surface area (Å²) in [6.45, 7) is 0. The molecule has 0 aliphatic carbocycles. The van der Waals surface area contributed by atoms with Gasteiger partial charge in [-0.3, -0.25) is 5.43 Å². The van der Waals surface area contributed by atoms with Crippen LogP contribution in [0.25, 0.3) is 18.2 Å². The number of rotatable bonds is 4. The second kappa shape index (κ2) is 7.87. The SMILES string of the molecule is ClC(Cl)(Cl)C1=CNN(/C=C/c2ccc(/C=C/c3ccccc3)cc2)O1. The molecule has 0 spiro atoms. The molecular weight excluding hydrogens is 379 g/mol. The molecule has 2 aromatic rings. The second-order valence-electron chi connectivity index (χ2n) is 5.28. The van der Waals surface area contributed by atoms with E-state index in [-0.39, 0.29) is 5.76 Å². The molecule has 3 rings (SSSR count). The average Bonchev–Trinajstić information content (AvgIpc) is 3.09. The number of benzene rings is 2. The van der Waals surface area contributed by atoms with Gasteiger partial charge in [-0.2, -0.15) is 0 Å². The predicted molar refractivity (Wildman–Crippen MR) is 105 cm³/mol. The molecule has 1 aliphatic rings. The van der Waals surface area contributed by atoms with E-state index in [0.29, 0.717) is 0 Å². The number of nitrogens with one attached hydrogen (secondary N) is 1. The number of alkyl halides is 3. The van der Waals surface area contributed by atoms with Gasteiger partial charge in [0.05, 0.1) is 12.4 Å². The molecule has 0 aromatic heterocycles. The van der Waals surface area contributed by atoms with Gasteiger partial charge in [-0.1, -0.05) is 102 Å². The van der Waals surface area contributed by atoms with Gasteiger partial charge in [0.1, 0.15) is 0 Å². The molecule has 1 N–H and O–H groups in total. The van der Waals surface area contributed by atoms with Gasteiger partial charge >= 0.3 is 0 Å². The van der Waals surface area contributed by atoms with Gasteiger partial charge in [0.15, 0.2) is 0 Å². The molecule has 2 aromatic carbocycles. The van der Waals surface area contributed by atoms with Crippen LogP contribution in [0.4, 0.5) is 0 Å². The van der Waals surface area contributed by atoms with Crippen molar-refractivity contribution in [3.63, 3.8) is 0 Å². The summed E-state index contributed by atoms with van der Waals surface area (Å²) in [5, 5.41) is 1.36. The first-order valence-corrected chi connectivity index (χ1v) is 8.66. The Bertz CT molecular complexity index is 794. The van der Waals surface area contributed by atoms with Crippen molar-refractivity contribution < 1.29 is 4.84 Å². The van der Waals surface area contributed by atoms with Crippen LogP contribution < -0.4 is 5.43 Å². The van der Waals surface area contributed by atoms with E-state index in [1.807, 2.05) is 48.5 Å². The lowest BCUT2D eigenvalue weighted by molar-refractivity contribution is -0.0801. The van der Waals surface area contributed by atoms with E-state index in [9.17, 15) is 0 Å². The zero-order chi connectivity index (χ0) is 17.7. The number of hydrogen-bond acceptors (Lipinski definition) is 3. The first kappa shape index (κ1) is 17.7. The van der Waals surface area contributed by atoms with E-state index in [1.165, 1.54) is 16.9 Å². The highest BCUT2D eigenvalue weighted by molar-refractivity contribution is 6.69. The molecule has 3 nitrogen and oxygen atoms in total. The molecule has 0 unspecified atom stereocenters. The van der Waals surface area contributed by atoms with Crippen LogP contribution >= 0.6 is 34.8 Å². The molecular formula is C19H15Cl3N2O. The normalized spacial score (nSPS) is 14.7. The molecule has 0 bridgehead atoms. The molecule has 6 heteroatoms. The number of halogens is 3. The molecule has 25 heavy (non-hydrogen) atoms. The van der Waals surface area contributed by atoms with E-state index < -0.39 is 3.79 Å². The van der Waals surface area contributed by atoms with Gasteiger partial charge < -0.3 is 4.84 Å². The molecule has 0 fully saturated rings. The van der Waals surface area contributed by atoms with E-state index >= 15 is 0 Å². The number of hydrogen-bond donors (Lipinski definition) is 1. The van der Waals surface area contributed by atoms with Crippen molar-refractivity contribution in [1.82, 2.24) is 10.6 Å². The van der Waals surface area contributed by atoms with E-state index in [0.717, 1.165) is 11.1 Å². The third-order valence-electron chi connectivity index (χ3n) is 3.41. The zero-order valence-electron chi connectivity index (χ0n) is 13.1. The molecule has 1 heterocycles. The second-order valence-corrected chi connectivity index (χ2v) is 7.56. The minimum Gasteiger partial charge on any atom is -0.358 e. The summed E-state index contributed by atoms with van der Waals surface area (Å²) in [5.41, 5.74) is 6.14. The average molecular weight is 394 g/mol. The van der Waals surface area contributed by atoms with Crippen LogP contribution in [0.1, 0.15) is 16.7 Å². The number of hydroxylamine groups is 1. The lowest BCUT2D eigenvalue weighted by atomic mass is 10.1. The molecule has 0 amide bonds. The van der Waals surface area contributed by atoms with Gasteiger partial charge in [-0.15, -0.1) is 5.17 Å². The Kier molecular flexibility index (Phi) is 5.59. The summed E-state index contributed by atoms with van der Waals surface area (Å²) in [6.07, 6.45) is 9.23. The van der Waals surface area contributed by atoms with Gasteiger partial charge in [0, 0.05) is 0 Å². The topological polar surface area (TPSA) is 24.5 Å². The van der Waals surface area contributed by atoms with Crippen LogP contribution in [0.15, 0.2) is 72.8 Å². The van der Waals surface area contributed by atoms with Crippen LogP contribution in [0, 0.1) is 0 Å². The van der Waals surface area contributed by atoms with Crippen LogP contribution in [0.2, 0.25) is 0 Å². The number of hydrazine groups is 1. The maximum atomic E-state index is 5.75. The van der Waals surface area contributed by atoms with Crippen molar-refractivity contribution >= 4 is 53.0 Å². The Morgan fingerprint density at radius 1 is 0.800 bits per heavy atom. The maximum absolute atomic E-state index is 5.75. The zero-order valence-corrected chi connectivity index (χ0v) is 15.3. The van der Waals surface area contributed by atoms with Crippen molar-refractivity contribution in [3.8, 4) is 0 Å². The highest BCUT2D eigenvalue weighted by Gasteiger charge is 2.33. The Labute approximate surface area is 161 Å². The van der Waals surface area contributed by atoms with Gasteiger partial charge in [0.25, 0.3) is 3.79 Å². The quantitative estimate of drug-likeness (QED) is 0.525. The fraction of sp³-hybridized carbons (Fsp3) is 0.0526. The van der Waals surface area contributed by atoms with Crippen LogP contribution in [-0.2, 0) is 4.84 Å². The van der Waals surface area contributed by atoms with Gasteiger partial charge in [0.2, 0.25) is 5.76 Å². The molecule has 1 aliphatic heterocycles. The van der Waals surface area contributed by atoms with Crippen molar-refractivity contribution in [2.75, 3.05) is 0 Å². The maximum Gasteiger partial charge on any atom is 0.252 e. The number of allylic oxidation sites excluding steroid dienone is 1. The number of nitrogens with zero attached hydrogens (tertiary/aromatic N) is 1. The summed E-state index contributed by atoms with van der Waals surface area (Å²) in [4.78, 5) is 5.35. The molecule has 0 saturated heterocycles. The lowest BCUT2D eigenvalue weighted by Gasteiger charge is -2.15. The standard InChI is InChI=1S/C19H15Cl3N2O/c20-19(21,22)18-14-23-24(25-18)13-12-17-10-8-16(9-11-17)7-6-15-4-2-1-3-5-15/h1-14,23H/b7-6+,13-12+. The van der Waals surface area contributed by atoms with Crippen molar-refractivity contribution in [3.05, 3.63) is 89.4 Å². The van der Waals surface area contributed by atoms with Crippen molar-refractivity contribution in [2.45, 2.75) is 3.79 Å². The van der Waals surface area contributed by atoms with Crippen molar-refractivity contribution in [2.24, 2.45) is 0 Å². The minimum absolute atomic E-state index is 0.212. The highest BCUT2D eigenvalue weighted by Crippen LogP contribution is 2.36. The lowest BCUT2D eigenvalue weighted by Crippen LogP contribution is -2.23. The third-order valence-corrected chi connectivity index (χ3v) is 3.96. The molecule has 0 radical (unpaired) electrons. The summed E-state index contributed by atoms with van der Waals surface area (Å²) < 4.78 is -1.59. The Hall–Kier alpha value is -2.07. The monoisotopic (exact) mass is 392 g/mol. The molecule has 0 atom stereocenters. The van der Waals surface area contributed by atoms with Gasteiger partial charge in [-0.05, 0) is 22.8 Å². The summed E-state index contributed by atoms with van der Waals surface area (Å²) in [6, 6.07) is 18.3. The summed E-state index contributed by atoms with van der Waals surface area (Å²) >= 11 is 17.3. The first-order valence-electron chi connectivity index (χ1n) is 7.53. The Morgan fingerprint density at radius 3 is 1.92 bits per heavy atom. The Morgan fingerprint density at radius 2 is 1.36 bits per heavy atom. The fourth-order valence-electron chi connectivity index (χ4n) is 2.12. The van der Waals surface area contributed by atoms with E-state index in [4.69, 9.17) is 39.6 Å². The smallest absolute Gasteiger partial charge is 0.252 e. The minimum atomic E-state index is -1.59. The van der Waals surface area contributed by atoms with E-state index in [1.54, 1.807) is 6.20 Å². The fourth-order valence-corrected chi connectivity index (χ4v) is 2.38. The van der Waals surface area contributed by atoms with E-state index in [2.05, 4.69) is 29.7 Å². The largest absolute Gasteiger partial charge is 0.358 e. The van der Waals surface area contributed by atoms with Crippen molar-refractivity contribution in [1.29, 1.82) is 0 Å². The van der Waals surface area contributed by atoms with Gasteiger partial charge in [-0.25, -0.2) is 0 Å².